The molecular formula is C24H23NO3S. The molecule has 1 aliphatic rings. The van der Waals surface area contributed by atoms with Crippen LogP contribution in [0.1, 0.15) is 22.8 Å². The third-order valence-electron chi connectivity index (χ3n) is 5.00. The minimum absolute atomic E-state index is 0.222. The highest BCUT2D eigenvalue weighted by Crippen LogP contribution is 2.32. The topological polar surface area (TPSA) is 46.6 Å². The summed E-state index contributed by atoms with van der Waals surface area (Å²) in [5.74, 6) is 0. The first kappa shape index (κ1) is 19.4. The molecule has 0 amide bonds. The van der Waals surface area contributed by atoms with Crippen LogP contribution in [0.15, 0.2) is 95.5 Å². The van der Waals surface area contributed by atoms with Gasteiger partial charge in [0.15, 0.2) is 0 Å². The molecule has 0 N–H and O–H groups in total. The molecule has 5 heteroatoms. The first-order chi connectivity index (χ1) is 14.0. The molecule has 1 aliphatic heterocycles. The third kappa shape index (κ3) is 4.26. The zero-order valence-corrected chi connectivity index (χ0v) is 17.0. The van der Waals surface area contributed by atoms with Crippen molar-refractivity contribution in [1.82, 2.24) is 4.31 Å². The van der Waals surface area contributed by atoms with Gasteiger partial charge in [0.05, 0.1) is 23.7 Å². The maximum Gasteiger partial charge on any atom is 0.264 e. The zero-order valence-electron chi connectivity index (χ0n) is 16.2. The molecule has 1 saturated heterocycles. The molecule has 3 aromatic carbocycles. The van der Waals surface area contributed by atoms with Crippen molar-refractivity contribution in [2.75, 3.05) is 13.2 Å². The molecule has 1 heterocycles. The Labute approximate surface area is 172 Å². The number of nitrogens with zero attached hydrogens (tertiary/aromatic N) is 1. The Balaban J connectivity index is 1.74. The highest BCUT2D eigenvalue weighted by Gasteiger charge is 2.34. The lowest BCUT2D eigenvalue weighted by Crippen LogP contribution is -2.40. The van der Waals surface area contributed by atoms with E-state index in [0.717, 1.165) is 16.7 Å². The van der Waals surface area contributed by atoms with E-state index in [-0.39, 0.29) is 24.2 Å². The standard InChI is InChI=1S/C24H23NO3S/c1-19-12-14-23(15-13-19)29(26,27)25-17-24(21-10-6-3-7-11-21)28-18-22(25)16-20-8-4-2-5-9-20/h2-16,24H,17-18H2,1H3/b22-16-. The smallest absolute Gasteiger partial charge is 0.264 e. The maximum atomic E-state index is 13.5. The van der Waals surface area contributed by atoms with Gasteiger partial charge < -0.3 is 4.74 Å². The van der Waals surface area contributed by atoms with E-state index in [1.165, 1.54) is 4.31 Å². The van der Waals surface area contributed by atoms with Gasteiger partial charge in [-0.1, -0.05) is 78.4 Å². The van der Waals surface area contributed by atoms with Crippen molar-refractivity contribution < 1.29 is 13.2 Å². The number of aryl methyl sites for hydroxylation is 1. The molecule has 1 atom stereocenters. The van der Waals surface area contributed by atoms with Gasteiger partial charge in [0.1, 0.15) is 6.10 Å². The SMILES string of the molecule is Cc1ccc(S(=O)(=O)N2CC(c3ccccc3)OC/C2=C/c2ccccc2)cc1. The minimum Gasteiger partial charge on any atom is -0.365 e. The number of morpholine rings is 1. The summed E-state index contributed by atoms with van der Waals surface area (Å²) in [5.41, 5.74) is 3.56. The van der Waals surface area contributed by atoms with Crippen LogP contribution in [0.25, 0.3) is 6.08 Å². The van der Waals surface area contributed by atoms with Gasteiger partial charge in [0, 0.05) is 0 Å². The van der Waals surface area contributed by atoms with Crippen molar-refractivity contribution in [1.29, 1.82) is 0 Å². The third-order valence-corrected chi connectivity index (χ3v) is 6.83. The first-order valence-electron chi connectivity index (χ1n) is 9.55. The van der Waals surface area contributed by atoms with Crippen LogP contribution in [0.4, 0.5) is 0 Å². The molecule has 0 aliphatic carbocycles. The Kier molecular flexibility index (Phi) is 5.51. The van der Waals surface area contributed by atoms with Gasteiger partial charge in [-0.3, -0.25) is 4.31 Å². The van der Waals surface area contributed by atoms with Crippen LogP contribution in [0.2, 0.25) is 0 Å². The fourth-order valence-electron chi connectivity index (χ4n) is 3.39. The normalized spacial score (nSPS) is 18.7. The van der Waals surface area contributed by atoms with E-state index in [0.29, 0.717) is 5.70 Å². The van der Waals surface area contributed by atoms with Gasteiger partial charge in [-0.25, -0.2) is 8.42 Å². The molecule has 0 spiro atoms. The van der Waals surface area contributed by atoms with Crippen molar-refractivity contribution >= 4 is 16.1 Å². The van der Waals surface area contributed by atoms with Gasteiger partial charge in [0.25, 0.3) is 10.0 Å². The predicted octanol–water partition coefficient (Wildman–Crippen LogP) is 4.80. The second-order valence-electron chi connectivity index (χ2n) is 7.11. The van der Waals surface area contributed by atoms with Crippen LogP contribution < -0.4 is 0 Å². The summed E-state index contributed by atoms with van der Waals surface area (Å²) in [6.45, 7) is 2.40. The Hall–Kier alpha value is -2.89. The van der Waals surface area contributed by atoms with E-state index in [2.05, 4.69) is 0 Å². The number of sulfonamides is 1. The number of ether oxygens (including phenoxy) is 1. The number of hydrogen-bond donors (Lipinski definition) is 0. The van der Waals surface area contributed by atoms with E-state index >= 15 is 0 Å². The maximum absolute atomic E-state index is 13.5. The van der Waals surface area contributed by atoms with E-state index in [1.54, 1.807) is 12.1 Å². The largest absolute Gasteiger partial charge is 0.365 e. The Morgan fingerprint density at radius 3 is 2.17 bits per heavy atom. The van der Waals surface area contributed by atoms with Crippen LogP contribution in [0, 0.1) is 6.92 Å². The van der Waals surface area contributed by atoms with Gasteiger partial charge >= 0.3 is 0 Å². The summed E-state index contributed by atoms with van der Waals surface area (Å²) in [6.07, 6.45) is 1.57. The monoisotopic (exact) mass is 405 g/mol. The molecule has 4 rings (SSSR count). The fraction of sp³-hybridized carbons (Fsp3) is 0.167. The van der Waals surface area contributed by atoms with Gasteiger partial charge in [-0.15, -0.1) is 0 Å². The van der Waals surface area contributed by atoms with Crippen LogP contribution >= 0.6 is 0 Å². The van der Waals surface area contributed by atoms with E-state index in [9.17, 15) is 8.42 Å². The average Bonchev–Trinajstić information content (AvgIpc) is 2.75. The summed E-state index contributed by atoms with van der Waals surface area (Å²) in [5, 5.41) is 0. The van der Waals surface area contributed by atoms with Gasteiger partial charge in [0.2, 0.25) is 0 Å². The van der Waals surface area contributed by atoms with Crippen LogP contribution in [0.3, 0.4) is 0 Å². The summed E-state index contributed by atoms with van der Waals surface area (Å²) < 4.78 is 34.6. The van der Waals surface area contributed by atoms with E-state index in [1.807, 2.05) is 85.8 Å². The lowest BCUT2D eigenvalue weighted by molar-refractivity contribution is 0.0226. The van der Waals surface area contributed by atoms with Gasteiger partial charge in [-0.2, -0.15) is 0 Å². The molecule has 0 saturated carbocycles. The fourth-order valence-corrected chi connectivity index (χ4v) is 4.87. The van der Waals surface area contributed by atoms with Crippen LogP contribution in [-0.4, -0.2) is 25.9 Å². The minimum atomic E-state index is -3.70. The second kappa shape index (κ2) is 8.23. The van der Waals surface area contributed by atoms with Crippen molar-refractivity contribution in [3.05, 3.63) is 107 Å². The van der Waals surface area contributed by atoms with Gasteiger partial charge in [-0.05, 0) is 36.3 Å². The summed E-state index contributed by atoms with van der Waals surface area (Å²) in [6, 6.07) is 26.4. The lowest BCUT2D eigenvalue weighted by Gasteiger charge is -2.36. The first-order valence-corrected chi connectivity index (χ1v) is 11.0. The van der Waals surface area contributed by atoms with Crippen molar-refractivity contribution in [2.45, 2.75) is 17.9 Å². The molecule has 148 valence electrons. The highest BCUT2D eigenvalue weighted by atomic mass is 32.2. The predicted molar refractivity (Wildman–Crippen MR) is 115 cm³/mol. The lowest BCUT2D eigenvalue weighted by atomic mass is 10.1. The molecule has 1 fully saturated rings. The molecule has 4 nitrogen and oxygen atoms in total. The number of hydrogen-bond acceptors (Lipinski definition) is 3. The molecular weight excluding hydrogens is 382 g/mol. The summed E-state index contributed by atoms with van der Waals surface area (Å²) in [7, 11) is -3.70. The molecule has 0 radical (unpaired) electrons. The van der Waals surface area contributed by atoms with Crippen LogP contribution in [0.5, 0.6) is 0 Å². The molecule has 1 unspecified atom stereocenters. The molecule has 29 heavy (non-hydrogen) atoms. The quantitative estimate of drug-likeness (QED) is 0.626. The average molecular weight is 406 g/mol. The zero-order chi connectivity index (χ0) is 20.3. The van der Waals surface area contributed by atoms with E-state index < -0.39 is 10.0 Å². The van der Waals surface area contributed by atoms with Crippen molar-refractivity contribution in [3.63, 3.8) is 0 Å². The number of rotatable bonds is 4. The van der Waals surface area contributed by atoms with Crippen molar-refractivity contribution in [2.24, 2.45) is 0 Å². The second-order valence-corrected chi connectivity index (χ2v) is 8.97. The van der Waals surface area contributed by atoms with Crippen molar-refractivity contribution in [3.8, 4) is 0 Å². The Bertz CT molecular complexity index is 1090. The molecule has 0 bridgehead atoms. The highest BCUT2D eigenvalue weighted by molar-refractivity contribution is 7.89. The van der Waals surface area contributed by atoms with E-state index in [4.69, 9.17) is 4.74 Å². The summed E-state index contributed by atoms with van der Waals surface area (Å²) in [4.78, 5) is 0.288. The Morgan fingerprint density at radius 2 is 1.52 bits per heavy atom. The summed E-state index contributed by atoms with van der Waals surface area (Å²) >= 11 is 0. The molecule has 3 aromatic rings. The Morgan fingerprint density at radius 1 is 0.897 bits per heavy atom. The van der Waals surface area contributed by atoms with Crippen LogP contribution in [-0.2, 0) is 14.8 Å². The number of benzene rings is 3. The molecule has 0 aromatic heterocycles.